The number of pyridine rings is 1. The molecule has 0 saturated carbocycles. The molecule has 1 aromatic heterocycles. The highest BCUT2D eigenvalue weighted by Gasteiger charge is 2.23. The van der Waals surface area contributed by atoms with Gasteiger partial charge in [0, 0.05) is 19.1 Å². The van der Waals surface area contributed by atoms with Crippen LogP contribution in [0.3, 0.4) is 0 Å². The molecule has 2 heterocycles. The smallest absolute Gasteiger partial charge is 0.213 e. The second-order valence-corrected chi connectivity index (χ2v) is 3.64. The summed E-state index contributed by atoms with van der Waals surface area (Å²) in [5.74, 6) is 0.580. The van der Waals surface area contributed by atoms with Crippen LogP contribution in [0.5, 0.6) is 5.88 Å². The zero-order valence-electron chi connectivity index (χ0n) is 8.72. The highest BCUT2D eigenvalue weighted by Crippen LogP contribution is 2.27. The van der Waals surface area contributed by atoms with Crippen molar-refractivity contribution in [2.24, 2.45) is 0 Å². The fourth-order valence-electron chi connectivity index (χ4n) is 1.71. The molecule has 0 amide bonds. The van der Waals surface area contributed by atoms with Crippen LogP contribution in [0.1, 0.15) is 24.6 Å². The Balaban J connectivity index is 2.13. The molecule has 82 valence electrons. The van der Waals surface area contributed by atoms with Gasteiger partial charge in [-0.2, -0.15) is 0 Å². The summed E-state index contributed by atoms with van der Waals surface area (Å²) in [6, 6.07) is 5.57. The minimum Gasteiger partial charge on any atom is -0.481 e. The van der Waals surface area contributed by atoms with E-state index in [9.17, 15) is 5.11 Å². The molecular weight excluding hydrogens is 194 g/mol. The lowest BCUT2D eigenvalue weighted by atomic mass is 10.0. The van der Waals surface area contributed by atoms with Gasteiger partial charge in [0.2, 0.25) is 5.88 Å². The summed E-state index contributed by atoms with van der Waals surface area (Å²) in [7, 11) is 1.59. The van der Waals surface area contributed by atoms with Gasteiger partial charge in [-0.25, -0.2) is 4.98 Å². The number of nitrogens with zero attached hydrogens (tertiary/aromatic N) is 1. The topological polar surface area (TPSA) is 51.6 Å². The highest BCUT2D eigenvalue weighted by molar-refractivity contribution is 5.17. The van der Waals surface area contributed by atoms with Crippen LogP contribution in [-0.2, 0) is 4.74 Å². The molecule has 1 fully saturated rings. The Bertz CT molecular complexity index is 329. The van der Waals surface area contributed by atoms with Crippen molar-refractivity contribution in [1.29, 1.82) is 0 Å². The molecule has 2 atom stereocenters. The molecule has 1 N–H and O–H groups in total. The van der Waals surface area contributed by atoms with Crippen LogP contribution < -0.4 is 4.74 Å². The minimum absolute atomic E-state index is 0.108. The van der Waals surface area contributed by atoms with E-state index < -0.39 is 0 Å². The predicted molar refractivity (Wildman–Crippen MR) is 54.7 cm³/mol. The van der Waals surface area contributed by atoms with Gasteiger partial charge in [-0.3, -0.25) is 0 Å². The molecule has 0 bridgehead atoms. The lowest BCUT2D eigenvalue weighted by molar-refractivity contribution is -0.0468. The molecule has 0 spiro atoms. The van der Waals surface area contributed by atoms with E-state index >= 15 is 0 Å². The summed E-state index contributed by atoms with van der Waals surface area (Å²) in [4.78, 5) is 4.29. The predicted octanol–water partition coefficient (Wildman–Crippen LogP) is 1.30. The van der Waals surface area contributed by atoms with Gasteiger partial charge < -0.3 is 14.6 Å². The second kappa shape index (κ2) is 4.59. The van der Waals surface area contributed by atoms with Gasteiger partial charge in [0.05, 0.1) is 18.9 Å². The molecule has 2 rings (SSSR count). The fourth-order valence-corrected chi connectivity index (χ4v) is 1.71. The van der Waals surface area contributed by atoms with Gasteiger partial charge in [0.1, 0.15) is 6.10 Å². The Morgan fingerprint density at radius 1 is 1.53 bits per heavy atom. The number of rotatable bonds is 2. The van der Waals surface area contributed by atoms with Crippen molar-refractivity contribution in [3.8, 4) is 5.88 Å². The Labute approximate surface area is 88.9 Å². The van der Waals surface area contributed by atoms with Crippen LogP contribution in [0, 0.1) is 0 Å². The van der Waals surface area contributed by atoms with Crippen LogP contribution >= 0.6 is 0 Å². The van der Waals surface area contributed by atoms with Gasteiger partial charge in [0.15, 0.2) is 0 Å². The Morgan fingerprint density at radius 2 is 2.40 bits per heavy atom. The largest absolute Gasteiger partial charge is 0.481 e. The van der Waals surface area contributed by atoms with Crippen LogP contribution in [0.4, 0.5) is 0 Å². The summed E-state index contributed by atoms with van der Waals surface area (Å²) in [5, 5.41) is 9.53. The van der Waals surface area contributed by atoms with E-state index in [1.165, 1.54) is 0 Å². The van der Waals surface area contributed by atoms with Crippen molar-refractivity contribution in [2.75, 3.05) is 13.7 Å². The standard InChI is InChI=1S/C11H15NO3/c1-14-11-4-2-3-9(12-11)10-7-8(13)5-6-15-10/h2-4,8,10,13H,5-7H2,1H3. The molecule has 1 aliphatic heterocycles. The van der Waals surface area contributed by atoms with Crippen LogP contribution in [-0.4, -0.2) is 29.9 Å². The average molecular weight is 209 g/mol. The summed E-state index contributed by atoms with van der Waals surface area (Å²) >= 11 is 0. The van der Waals surface area contributed by atoms with Crippen molar-refractivity contribution in [2.45, 2.75) is 25.0 Å². The fraction of sp³-hybridized carbons (Fsp3) is 0.545. The molecule has 2 unspecified atom stereocenters. The summed E-state index contributed by atoms with van der Waals surface area (Å²) in [6.07, 6.45) is 0.932. The second-order valence-electron chi connectivity index (χ2n) is 3.64. The lowest BCUT2D eigenvalue weighted by Crippen LogP contribution is -2.24. The summed E-state index contributed by atoms with van der Waals surface area (Å²) < 4.78 is 10.6. The van der Waals surface area contributed by atoms with Crippen LogP contribution in [0.15, 0.2) is 18.2 Å². The molecule has 1 saturated heterocycles. The minimum atomic E-state index is -0.281. The van der Waals surface area contributed by atoms with Crippen molar-refractivity contribution in [1.82, 2.24) is 4.98 Å². The van der Waals surface area contributed by atoms with E-state index in [4.69, 9.17) is 9.47 Å². The van der Waals surface area contributed by atoms with E-state index in [-0.39, 0.29) is 12.2 Å². The molecule has 4 nitrogen and oxygen atoms in total. The molecule has 0 aromatic carbocycles. The summed E-state index contributed by atoms with van der Waals surface area (Å²) in [6.45, 7) is 0.588. The first-order valence-electron chi connectivity index (χ1n) is 5.10. The van der Waals surface area contributed by atoms with Gasteiger partial charge in [-0.1, -0.05) is 6.07 Å². The quantitative estimate of drug-likeness (QED) is 0.797. The maximum Gasteiger partial charge on any atom is 0.213 e. The third-order valence-electron chi connectivity index (χ3n) is 2.54. The molecule has 15 heavy (non-hydrogen) atoms. The van der Waals surface area contributed by atoms with Gasteiger partial charge >= 0.3 is 0 Å². The molecule has 1 aromatic rings. The number of ether oxygens (including phenoxy) is 2. The van der Waals surface area contributed by atoms with Gasteiger partial charge in [0.25, 0.3) is 0 Å². The van der Waals surface area contributed by atoms with E-state index in [1.54, 1.807) is 13.2 Å². The maximum absolute atomic E-state index is 9.53. The van der Waals surface area contributed by atoms with Crippen LogP contribution in [0.25, 0.3) is 0 Å². The first kappa shape index (κ1) is 10.4. The van der Waals surface area contributed by atoms with Gasteiger partial charge in [-0.15, -0.1) is 0 Å². The number of aromatic nitrogens is 1. The molecule has 0 radical (unpaired) electrons. The first-order chi connectivity index (χ1) is 7.29. The zero-order chi connectivity index (χ0) is 10.7. The van der Waals surface area contributed by atoms with E-state index in [0.29, 0.717) is 25.3 Å². The van der Waals surface area contributed by atoms with Gasteiger partial charge in [-0.05, 0) is 12.5 Å². The molecule has 4 heteroatoms. The average Bonchev–Trinajstić information content (AvgIpc) is 2.29. The molecule has 1 aliphatic rings. The number of hydrogen-bond acceptors (Lipinski definition) is 4. The highest BCUT2D eigenvalue weighted by atomic mass is 16.5. The number of methoxy groups -OCH3 is 1. The monoisotopic (exact) mass is 209 g/mol. The van der Waals surface area contributed by atoms with E-state index in [0.717, 1.165) is 5.69 Å². The van der Waals surface area contributed by atoms with E-state index in [2.05, 4.69) is 4.98 Å². The Hall–Kier alpha value is -1.13. The lowest BCUT2D eigenvalue weighted by Gasteiger charge is -2.26. The molecule has 0 aliphatic carbocycles. The Morgan fingerprint density at radius 3 is 3.13 bits per heavy atom. The third-order valence-corrected chi connectivity index (χ3v) is 2.54. The van der Waals surface area contributed by atoms with Crippen molar-refractivity contribution in [3.05, 3.63) is 23.9 Å². The number of hydrogen-bond donors (Lipinski definition) is 1. The molecular formula is C11H15NO3. The SMILES string of the molecule is COc1cccc(C2CC(O)CCO2)n1. The van der Waals surface area contributed by atoms with E-state index in [1.807, 2.05) is 12.1 Å². The maximum atomic E-state index is 9.53. The first-order valence-corrected chi connectivity index (χ1v) is 5.10. The number of aliphatic hydroxyl groups excluding tert-OH is 1. The van der Waals surface area contributed by atoms with Crippen LogP contribution in [0.2, 0.25) is 0 Å². The van der Waals surface area contributed by atoms with Crippen molar-refractivity contribution >= 4 is 0 Å². The zero-order valence-corrected chi connectivity index (χ0v) is 8.72. The van der Waals surface area contributed by atoms with Crippen molar-refractivity contribution in [3.63, 3.8) is 0 Å². The normalized spacial score (nSPS) is 26.3. The third kappa shape index (κ3) is 2.46. The van der Waals surface area contributed by atoms with Crippen molar-refractivity contribution < 1.29 is 14.6 Å². The number of aliphatic hydroxyl groups is 1. The Kier molecular flexibility index (Phi) is 3.18. The summed E-state index contributed by atoms with van der Waals surface area (Å²) in [5.41, 5.74) is 0.827.